The molecule has 15 aromatic rings. The SMILES string of the molecule is Cc1cc(N(c2ccc(-c3ccc(-n4c5ccccc5c5ccccc54)cc3C)c(C)c2)c2ccc(-c3ccc(-n4c5ccccc5c5ccccc54)cc3C)c(C)c2)ccc1-c1ccc(-n2c3ccccc3c3ccccc32)cc1C. The molecule has 0 radical (unpaired) electrons. The molecule has 82 heavy (non-hydrogen) atoms. The van der Waals surface area contributed by atoms with E-state index in [-0.39, 0.29) is 0 Å². The number of rotatable bonds is 9. The molecular formula is C78H60N4. The minimum atomic E-state index is 1.11. The molecule has 0 unspecified atom stereocenters. The van der Waals surface area contributed by atoms with E-state index in [9.17, 15) is 0 Å². The van der Waals surface area contributed by atoms with Crippen LogP contribution < -0.4 is 4.90 Å². The fourth-order valence-electron chi connectivity index (χ4n) is 13.6. The van der Waals surface area contributed by atoms with Gasteiger partial charge in [-0.1, -0.05) is 146 Å². The largest absolute Gasteiger partial charge is 0.310 e. The van der Waals surface area contributed by atoms with Crippen molar-refractivity contribution in [1.29, 1.82) is 0 Å². The summed E-state index contributed by atoms with van der Waals surface area (Å²) in [5, 5.41) is 7.62. The van der Waals surface area contributed by atoms with E-state index >= 15 is 0 Å². The Morgan fingerprint density at radius 3 is 0.610 bits per heavy atom. The Hall–Kier alpha value is -10.2. The lowest BCUT2D eigenvalue weighted by atomic mass is 9.93. The van der Waals surface area contributed by atoms with Crippen molar-refractivity contribution in [2.75, 3.05) is 4.90 Å². The summed E-state index contributed by atoms with van der Waals surface area (Å²) >= 11 is 0. The number of hydrogen-bond acceptors (Lipinski definition) is 1. The fourth-order valence-corrected chi connectivity index (χ4v) is 13.6. The van der Waals surface area contributed by atoms with Crippen LogP contribution in [0, 0.1) is 41.5 Å². The lowest BCUT2D eigenvalue weighted by Crippen LogP contribution is -2.11. The summed E-state index contributed by atoms with van der Waals surface area (Å²) in [6, 6.07) is 94.3. The van der Waals surface area contributed by atoms with E-state index in [1.165, 1.54) is 149 Å². The predicted octanol–water partition coefficient (Wildman–Crippen LogP) is 21.3. The Bertz CT molecular complexity index is 4410. The van der Waals surface area contributed by atoms with Crippen LogP contribution in [-0.2, 0) is 0 Å². The molecule has 0 bridgehead atoms. The molecule has 0 aliphatic heterocycles. The minimum Gasteiger partial charge on any atom is -0.310 e. The molecule has 12 aromatic carbocycles. The Morgan fingerprint density at radius 1 is 0.207 bits per heavy atom. The third-order valence-corrected chi connectivity index (χ3v) is 17.4. The van der Waals surface area contributed by atoms with Crippen LogP contribution in [0.3, 0.4) is 0 Å². The number of para-hydroxylation sites is 6. The van der Waals surface area contributed by atoms with Gasteiger partial charge in [-0.15, -0.1) is 0 Å². The van der Waals surface area contributed by atoms with Crippen LogP contribution >= 0.6 is 0 Å². The van der Waals surface area contributed by atoms with Gasteiger partial charge in [0, 0.05) is 66.4 Å². The van der Waals surface area contributed by atoms with E-state index in [1.807, 2.05) is 0 Å². The number of hydrogen-bond donors (Lipinski definition) is 0. The van der Waals surface area contributed by atoms with Gasteiger partial charge in [0.15, 0.2) is 0 Å². The van der Waals surface area contributed by atoms with E-state index in [4.69, 9.17) is 0 Å². The zero-order chi connectivity index (χ0) is 55.3. The number of anilines is 3. The molecule has 0 spiro atoms. The van der Waals surface area contributed by atoms with Gasteiger partial charge in [0.05, 0.1) is 33.1 Å². The van der Waals surface area contributed by atoms with Crippen LogP contribution in [0.25, 0.3) is 116 Å². The predicted molar refractivity (Wildman–Crippen MR) is 349 cm³/mol. The van der Waals surface area contributed by atoms with E-state index in [0.29, 0.717) is 0 Å². The summed E-state index contributed by atoms with van der Waals surface area (Å²) in [5.41, 5.74) is 28.9. The maximum Gasteiger partial charge on any atom is 0.0541 e. The maximum atomic E-state index is 2.44. The first-order chi connectivity index (χ1) is 40.2. The molecule has 4 nitrogen and oxygen atoms in total. The van der Waals surface area contributed by atoms with Gasteiger partial charge in [0.1, 0.15) is 0 Å². The Morgan fingerprint density at radius 2 is 0.402 bits per heavy atom. The molecule has 4 heteroatoms. The monoisotopic (exact) mass is 1050 g/mol. The minimum absolute atomic E-state index is 1.11. The zero-order valence-electron chi connectivity index (χ0n) is 47.0. The first-order valence-corrected chi connectivity index (χ1v) is 28.6. The highest BCUT2D eigenvalue weighted by molar-refractivity contribution is 6.11. The van der Waals surface area contributed by atoms with Gasteiger partial charge >= 0.3 is 0 Å². The standard InChI is InChI=1S/C78H60N4/c1-49-43-55(31-37-61(49)64-40-34-58(46-52(64)4)80-73-25-13-7-19-67(73)68-20-8-14-26-74(68)80)79(56-32-38-62(50(2)44-56)65-41-35-59(47-53(65)5)81-75-27-15-9-21-69(75)70-22-10-16-28-76(70)81)57-33-39-63(51(3)45-57)66-42-36-60(48-54(66)6)82-77-29-17-11-23-71(77)72-24-12-18-30-78(72)82/h7-48H,1-6H3. The molecule has 0 saturated carbocycles. The van der Waals surface area contributed by atoms with Gasteiger partial charge in [0.25, 0.3) is 0 Å². The molecule has 3 aromatic heterocycles. The van der Waals surface area contributed by atoms with Crippen molar-refractivity contribution in [3.8, 4) is 50.4 Å². The smallest absolute Gasteiger partial charge is 0.0541 e. The zero-order valence-corrected chi connectivity index (χ0v) is 47.0. The summed E-state index contributed by atoms with van der Waals surface area (Å²) in [4.78, 5) is 2.44. The van der Waals surface area contributed by atoms with Crippen molar-refractivity contribution < 1.29 is 0 Å². The van der Waals surface area contributed by atoms with Gasteiger partial charge in [-0.2, -0.15) is 0 Å². The Balaban J connectivity index is 0.810. The van der Waals surface area contributed by atoms with Gasteiger partial charge in [-0.3, -0.25) is 0 Å². The second kappa shape index (κ2) is 19.3. The summed E-state index contributed by atoms with van der Waals surface area (Å²) < 4.78 is 7.22. The van der Waals surface area contributed by atoms with E-state index in [2.05, 4.69) is 315 Å². The molecule has 0 aliphatic carbocycles. The van der Waals surface area contributed by atoms with Crippen molar-refractivity contribution in [3.05, 3.63) is 288 Å². The highest BCUT2D eigenvalue weighted by atomic mass is 15.1. The van der Waals surface area contributed by atoms with Crippen LogP contribution in [0.1, 0.15) is 33.4 Å². The van der Waals surface area contributed by atoms with E-state index in [1.54, 1.807) is 0 Å². The van der Waals surface area contributed by atoms with Crippen molar-refractivity contribution in [1.82, 2.24) is 13.7 Å². The highest BCUT2D eigenvalue weighted by Crippen LogP contribution is 2.44. The Labute approximate surface area is 478 Å². The first kappa shape index (κ1) is 48.9. The van der Waals surface area contributed by atoms with Crippen molar-refractivity contribution in [2.24, 2.45) is 0 Å². The first-order valence-electron chi connectivity index (χ1n) is 28.6. The average Bonchev–Trinajstić information content (AvgIpc) is 3.92. The van der Waals surface area contributed by atoms with Crippen LogP contribution in [0.5, 0.6) is 0 Å². The topological polar surface area (TPSA) is 18.0 Å². The van der Waals surface area contributed by atoms with Crippen LogP contribution in [-0.4, -0.2) is 13.7 Å². The van der Waals surface area contributed by atoms with Crippen LogP contribution in [0.4, 0.5) is 17.1 Å². The van der Waals surface area contributed by atoms with Crippen molar-refractivity contribution in [3.63, 3.8) is 0 Å². The molecule has 0 aliphatic rings. The molecule has 15 rings (SSSR count). The normalized spacial score (nSPS) is 11.8. The second-order valence-electron chi connectivity index (χ2n) is 22.4. The van der Waals surface area contributed by atoms with Crippen LogP contribution in [0.2, 0.25) is 0 Å². The lowest BCUT2D eigenvalue weighted by molar-refractivity contribution is 1.17. The molecule has 392 valence electrons. The number of aromatic nitrogens is 3. The maximum absolute atomic E-state index is 2.44. The van der Waals surface area contributed by atoms with E-state index in [0.717, 1.165) is 17.1 Å². The molecule has 0 amide bonds. The fraction of sp³-hybridized carbons (Fsp3) is 0.0769. The van der Waals surface area contributed by atoms with Crippen LogP contribution in [0.15, 0.2) is 255 Å². The number of fused-ring (bicyclic) bond motifs is 9. The quantitative estimate of drug-likeness (QED) is 0.141. The summed E-state index contributed by atoms with van der Waals surface area (Å²) in [5.74, 6) is 0. The molecule has 0 fully saturated rings. The number of benzene rings is 12. The summed E-state index contributed by atoms with van der Waals surface area (Å²) in [6.07, 6.45) is 0. The third kappa shape index (κ3) is 7.81. The van der Waals surface area contributed by atoms with Gasteiger partial charge in [0.2, 0.25) is 0 Å². The molecule has 0 saturated heterocycles. The van der Waals surface area contributed by atoms with Crippen molar-refractivity contribution in [2.45, 2.75) is 41.5 Å². The molecule has 0 N–H and O–H groups in total. The second-order valence-corrected chi connectivity index (χ2v) is 22.4. The van der Waals surface area contributed by atoms with E-state index < -0.39 is 0 Å². The lowest BCUT2D eigenvalue weighted by Gasteiger charge is -2.28. The molecule has 3 heterocycles. The van der Waals surface area contributed by atoms with Crippen molar-refractivity contribution >= 4 is 82.5 Å². The van der Waals surface area contributed by atoms with Gasteiger partial charge in [-0.25, -0.2) is 0 Å². The van der Waals surface area contributed by atoms with Gasteiger partial charge < -0.3 is 18.6 Å². The Kier molecular flexibility index (Phi) is 11.5. The average molecular weight is 1050 g/mol. The number of aryl methyl sites for hydroxylation is 6. The molecular weight excluding hydrogens is 993 g/mol. The number of nitrogens with zero attached hydrogens (tertiary/aromatic N) is 4. The summed E-state index contributed by atoms with van der Waals surface area (Å²) in [6.45, 7) is 13.5. The third-order valence-electron chi connectivity index (χ3n) is 17.4. The van der Waals surface area contributed by atoms with Gasteiger partial charge in [-0.05, 0) is 217 Å². The molecule has 0 atom stereocenters. The highest BCUT2D eigenvalue weighted by Gasteiger charge is 2.21. The summed E-state index contributed by atoms with van der Waals surface area (Å²) in [7, 11) is 0.